The number of nitrogens with two attached hydrogens (primary N) is 1. The smallest absolute Gasteiger partial charge is 0.0408 e. The molecule has 0 heterocycles. The molecule has 2 heteroatoms. The van der Waals surface area contributed by atoms with E-state index in [1.165, 1.54) is 16.9 Å². The molecule has 2 nitrogen and oxygen atoms in total. The molecule has 18 heavy (non-hydrogen) atoms. The summed E-state index contributed by atoms with van der Waals surface area (Å²) in [6, 6.07) is 17.0. The van der Waals surface area contributed by atoms with Crippen LogP contribution in [0.1, 0.15) is 24.1 Å². The van der Waals surface area contributed by atoms with Crippen LogP contribution in [0.3, 0.4) is 0 Å². The highest BCUT2D eigenvalue weighted by atomic mass is 15.1. The first kappa shape index (κ1) is 12.7. The minimum Gasteiger partial charge on any atom is -0.345 e. The zero-order valence-electron chi connectivity index (χ0n) is 11.2. The van der Waals surface area contributed by atoms with E-state index in [1.54, 1.807) is 0 Å². The molecule has 0 spiro atoms. The van der Waals surface area contributed by atoms with Crippen molar-refractivity contribution in [3.05, 3.63) is 59.7 Å². The van der Waals surface area contributed by atoms with Crippen LogP contribution < -0.4 is 10.6 Å². The van der Waals surface area contributed by atoms with Gasteiger partial charge in [-0.1, -0.05) is 29.8 Å². The molecular formula is C16H20N2. The van der Waals surface area contributed by atoms with Crippen LogP contribution in [0.15, 0.2) is 48.5 Å². The van der Waals surface area contributed by atoms with Gasteiger partial charge in [-0.3, -0.25) is 0 Å². The van der Waals surface area contributed by atoms with E-state index < -0.39 is 0 Å². The van der Waals surface area contributed by atoms with Crippen LogP contribution in [0.5, 0.6) is 0 Å². The SMILES string of the molecule is Cc1ccc(N(C)c2ccc([C@@H](C)N)cc2)cc1. The van der Waals surface area contributed by atoms with E-state index in [0.717, 1.165) is 5.56 Å². The zero-order chi connectivity index (χ0) is 13.1. The standard InChI is InChI=1S/C16H20N2/c1-12-4-8-15(9-5-12)18(3)16-10-6-14(7-11-16)13(2)17/h4-11,13H,17H2,1-3H3/t13-/m1/s1. The maximum Gasteiger partial charge on any atom is 0.0408 e. The van der Waals surface area contributed by atoms with Crippen molar-refractivity contribution in [3.63, 3.8) is 0 Å². The van der Waals surface area contributed by atoms with Crippen LogP contribution in [0.2, 0.25) is 0 Å². The van der Waals surface area contributed by atoms with Crippen molar-refractivity contribution in [1.82, 2.24) is 0 Å². The Kier molecular flexibility index (Phi) is 3.68. The second kappa shape index (κ2) is 5.23. The van der Waals surface area contributed by atoms with Crippen LogP contribution in [0.4, 0.5) is 11.4 Å². The fourth-order valence-corrected chi connectivity index (χ4v) is 1.92. The van der Waals surface area contributed by atoms with Gasteiger partial charge in [-0.05, 0) is 43.7 Å². The second-order valence-electron chi connectivity index (χ2n) is 4.77. The Labute approximate surface area is 109 Å². The van der Waals surface area contributed by atoms with E-state index in [-0.39, 0.29) is 6.04 Å². The molecule has 1 atom stereocenters. The van der Waals surface area contributed by atoms with E-state index >= 15 is 0 Å². The first-order valence-corrected chi connectivity index (χ1v) is 6.24. The maximum atomic E-state index is 5.85. The minimum atomic E-state index is 0.0868. The highest BCUT2D eigenvalue weighted by molar-refractivity contribution is 5.62. The van der Waals surface area contributed by atoms with Crippen molar-refractivity contribution in [3.8, 4) is 0 Å². The fraction of sp³-hybridized carbons (Fsp3) is 0.250. The summed E-state index contributed by atoms with van der Waals surface area (Å²) in [7, 11) is 2.07. The third-order valence-electron chi connectivity index (χ3n) is 3.23. The van der Waals surface area contributed by atoms with Crippen molar-refractivity contribution in [2.24, 2.45) is 5.73 Å². The third kappa shape index (κ3) is 2.71. The number of hydrogen-bond acceptors (Lipinski definition) is 2. The van der Waals surface area contributed by atoms with Crippen LogP contribution in [0.25, 0.3) is 0 Å². The Bertz CT molecular complexity index is 498. The summed E-state index contributed by atoms with van der Waals surface area (Å²) < 4.78 is 0. The lowest BCUT2D eigenvalue weighted by Crippen LogP contribution is -2.10. The molecule has 0 aromatic heterocycles. The number of anilines is 2. The highest BCUT2D eigenvalue weighted by Crippen LogP contribution is 2.24. The molecule has 0 fully saturated rings. The van der Waals surface area contributed by atoms with Crippen LogP contribution in [-0.2, 0) is 0 Å². The van der Waals surface area contributed by atoms with E-state index in [4.69, 9.17) is 5.73 Å². The summed E-state index contributed by atoms with van der Waals surface area (Å²) in [5, 5.41) is 0. The van der Waals surface area contributed by atoms with E-state index in [1.807, 2.05) is 6.92 Å². The van der Waals surface area contributed by atoms with E-state index in [0.29, 0.717) is 0 Å². The predicted octanol–water partition coefficient (Wildman–Crippen LogP) is 3.78. The molecule has 0 saturated carbocycles. The molecular weight excluding hydrogens is 220 g/mol. The molecule has 0 saturated heterocycles. The Hall–Kier alpha value is -1.80. The van der Waals surface area contributed by atoms with Crippen LogP contribution >= 0.6 is 0 Å². The lowest BCUT2D eigenvalue weighted by molar-refractivity contribution is 0.818. The summed E-state index contributed by atoms with van der Waals surface area (Å²) in [5.41, 5.74) is 10.7. The van der Waals surface area contributed by atoms with Crippen LogP contribution in [0, 0.1) is 6.92 Å². The topological polar surface area (TPSA) is 29.3 Å². The second-order valence-corrected chi connectivity index (χ2v) is 4.77. The van der Waals surface area contributed by atoms with Gasteiger partial charge in [0.2, 0.25) is 0 Å². The molecule has 0 aliphatic heterocycles. The third-order valence-corrected chi connectivity index (χ3v) is 3.23. The van der Waals surface area contributed by atoms with E-state index in [9.17, 15) is 0 Å². The van der Waals surface area contributed by atoms with Gasteiger partial charge in [0, 0.05) is 24.5 Å². The molecule has 0 radical (unpaired) electrons. The Morgan fingerprint density at radius 1 is 0.889 bits per heavy atom. The van der Waals surface area contributed by atoms with Gasteiger partial charge < -0.3 is 10.6 Å². The van der Waals surface area contributed by atoms with Gasteiger partial charge >= 0.3 is 0 Å². The minimum absolute atomic E-state index is 0.0868. The number of benzene rings is 2. The van der Waals surface area contributed by atoms with Crippen LogP contribution in [-0.4, -0.2) is 7.05 Å². The van der Waals surface area contributed by atoms with Crippen molar-refractivity contribution in [1.29, 1.82) is 0 Å². The molecule has 0 unspecified atom stereocenters. The predicted molar refractivity (Wildman–Crippen MR) is 78.3 cm³/mol. The lowest BCUT2D eigenvalue weighted by Gasteiger charge is -2.20. The molecule has 2 N–H and O–H groups in total. The summed E-state index contributed by atoms with van der Waals surface area (Å²) in [5.74, 6) is 0. The van der Waals surface area contributed by atoms with Gasteiger partial charge in [-0.2, -0.15) is 0 Å². The summed E-state index contributed by atoms with van der Waals surface area (Å²) >= 11 is 0. The largest absolute Gasteiger partial charge is 0.345 e. The molecule has 0 bridgehead atoms. The molecule has 94 valence electrons. The Balaban J connectivity index is 2.23. The molecule has 0 aliphatic carbocycles. The Morgan fingerprint density at radius 2 is 1.33 bits per heavy atom. The molecule has 2 aromatic carbocycles. The summed E-state index contributed by atoms with van der Waals surface area (Å²) in [6.07, 6.45) is 0. The van der Waals surface area contributed by atoms with Gasteiger partial charge in [0.1, 0.15) is 0 Å². The van der Waals surface area contributed by atoms with Gasteiger partial charge in [0.25, 0.3) is 0 Å². The zero-order valence-corrected chi connectivity index (χ0v) is 11.2. The average molecular weight is 240 g/mol. The lowest BCUT2D eigenvalue weighted by atomic mass is 10.1. The van der Waals surface area contributed by atoms with Crippen molar-refractivity contribution < 1.29 is 0 Å². The van der Waals surface area contributed by atoms with Gasteiger partial charge in [-0.25, -0.2) is 0 Å². The van der Waals surface area contributed by atoms with Gasteiger partial charge in [-0.15, -0.1) is 0 Å². The molecule has 2 aromatic rings. The first-order chi connectivity index (χ1) is 8.58. The molecule has 2 rings (SSSR count). The molecule has 0 aliphatic rings. The quantitative estimate of drug-likeness (QED) is 0.884. The molecule has 0 amide bonds. The monoisotopic (exact) mass is 240 g/mol. The normalized spacial score (nSPS) is 12.2. The number of nitrogens with zero attached hydrogens (tertiary/aromatic N) is 1. The average Bonchev–Trinajstić information content (AvgIpc) is 2.39. The first-order valence-electron chi connectivity index (χ1n) is 6.24. The number of rotatable bonds is 3. The Morgan fingerprint density at radius 3 is 1.78 bits per heavy atom. The van der Waals surface area contributed by atoms with E-state index in [2.05, 4.69) is 67.4 Å². The number of hydrogen-bond donors (Lipinski definition) is 1. The van der Waals surface area contributed by atoms with Crippen molar-refractivity contribution in [2.45, 2.75) is 19.9 Å². The number of aryl methyl sites for hydroxylation is 1. The fourth-order valence-electron chi connectivity index (χ4n) is 1.92. The summed E-state index contributed by atoms with van der Waals surface area (Å²) in [4.78, 5) is 2.17. The van der Waals surface area contributed by atoms with Gasteiger partial charge in [0.15, 0.2) is 0 Å². The van der Waals surface area contributed by atoms with Gasteiger partial charge in [0.05, 0.1) is 0 Å². The summed E-state index contributed by atoms with van der Waals surface area (Å²) in [6.45, 7) is 4.10. The highest BCUT2D eigenvalue weighted by Gasteiger charge is 2.04. The maximum absolute atomic E-state index is 5.85. The van der Waals surface area contributed by atoms with Crippen molar-refractivity contribution >= 4 is 11.4 Å². The van der Waals surface area contributed by atoms with Crippen molar-refractivity contribution in [2.75, 3.05) is 11.9 Å².